The van der Waals surface area contributed by atoms with Gasteiger partial charge in [0.25, 0.3) is 5.91 Å². The number of benzene rings is 1. The molecule has 5 heteroatoms. The summed E-state index contributed by atoms with van der Waals surface area (Å²) in [4.78, 5) is 25.5. The van der Waals surface area contributed by atoms with E-state index in [0.717, 1.165) is 22.4 Å². The van der Waals surface area contributed by atoms with Gasteiger partial charge in [0.05, 0.1) is 10.9 Å². The molecule has 2 bridgehead atoms. The molecular formula is C19H24N2O2S. The Kier molecular flexibility index (Phi) is 4.07. The van der Waals surface area contributed by atoms with E-state index in [1.807, 2.05) is 19.1 Å². The number of fused-ring (bicyclic) bond motifs is 3. The molecule has 1 aromatic carbocycles. The number of hydrogen-bond donors (Lipinski definition) is 2. The predicted molar refractivity (Wildman–Crippen MR) is 96.3 cm³/mol. The van der Waals surface area contributed by atoms with Crippen LogP contribution < -0.4 is 10.6 Å². The smallest absolute Gasteiger partial charge is 0.251 e. The first-order valence-electron chi connectivity index (χ1n) is 8.93. The van der Waals surface area contributed by atoms with E-state index in [4.69, 9.17) is 0 Å². The van der Waals surface area contributed by atoms with Gasteiger partial charge in [0, 0.05) is 16.5 Å². The van der Waals surface area contributed by atoms with Crippen molar-refractivity contribution >= 4 is 29.3 Å². The fraction of sp³-hybridized carbons (Fsp3) is 0.579. The number of thioether (sulfide) groups is 1. The summed E-state index contributed by atoms with van der Waals surface area (Å²) in [6.45, 7) is 4.03. The Labute approximate surface area is 147 Å². The maximum Gasteiger partial charge on any atom is 0.251 e. The van der Waals surface area contributed by atoms with Crippen molar-refractivity contribution in [2.24, 2.45) is 17.8 Å². The zero-order chi connectivity index (χ0) is 16.8. The van der Waals surface area contributed by atoms with E-state index < -0.39 is 0 Å². The van der Waals surface area contributed by atoms with Crippen LogP contribution in [0.2, 0.25) is 0 Å². The summed E-state index contributed by atoms with van der Waals surface area (Å²) in [5, 5.41) is 6.00. The first kappa shape index (κ1) is 16.0. The van der Waals surface area contributed by atoms with E-state index in [-0.39, 0.29) is 23.1 Å². The van der Waals surface area contributed by atoms with Gasteiger partial charge in [-0.15, -0.1) is 11.8 Å². The number of carbonyl (C=O) groups excluding carboxylic acids is 2. The first-order chi connectivity index (χ1) is 11.5. The lowest BCUT2D eigenvalue weighted by Gasteiger charge is -2.28. The molecule has 0 radical (unpaired) electrons. The molecule has 0 unspecified atom stereocenters. The van der Waals surface area contributed by atoms with Crippen molar-refractivity contribution in [1.29, 1.82) is 0 Å². The van der Waals surface area contributed by atoms with Crippen LogP contribution in [0.25, 0.3) is 0 Å². The molecule has 1 aromatic rings. The van der Waals surface area contributed by atoms with Gasteiger partial charge in [-0.2, -0.15) is 0 Å². The molecule has 24 heavy (non-hydrogen) atoms. The average molecular weight is 344 g/mol. The third-order valence-electron chi connectivity index (χ3n) is 5.97. The van der Waals surface area contributed by atoms with Gasteiger partial charge < -0.3 is 10.6 Å². The largest absolute Gasteiger partial charge is 0.349 e. The number of carbonyl (C=O) groups is 2. The fourth-order valence-corrected chi connectivity index (χ4v) is 5.58. The molecular weight excluding hydrogens is 320 g/mol. The molecule has 0 spiro atoms. The van der Waals surface area contributed by atoms with Crippen molar-refractivity contribution in [2.45, 2.75) is 55.7 Å². The van der Waals surface area contributed by atoms with Crippen molar-refractivity contribution in [3.8, 4) is 0 Å². The highest BCUT2D eigenvalue weighted by atomic mass is 32.2. The van der Waals surface area contributed by atoms with Gasteiger partial charge in [0.1, 0.15) is 0 Å². The highest BCUT2D eigenvalue weighted by Gasteiger charge is 2.42. The van der Waals surface area contributed by atoms with Crippen molar-refractivity contribution in [3.05, 3.63) is 23.8 Å². The molecule has 4 nitrogen and oxygen atoms in total. The van der Waals surface area contributed by atoms with Crippen LogP contribution in [-0.4, -0.2) is 23.1 Å². The summed E-state index contributed by atoms with van der Waals surface area (Å²) in [7, 11) is 0. The second kappa shape index (κ2) is 6.10. The second-order valence-electron chi connectivity index (χ2n) is 7.56. The lowest BCUT2D eigenvalue weighted by Crippen LogP contribution is -2.40. The van der Waals surface area contributed by atoms with E-state index in [0.29, 0.717) is 11.5 Å². The molecule has 1 heterocycles. The Bertz CT molecular complexity index is 690. The third kappa shape index (κ3) is 2.83. The molecule has 2 N–H and O–H groups in total. The van der Waals surface area contributed by atoms with E-state index in [1.165, 1.54) is 37.4 Å². The van der Waals surface area contributed by atoms with Gasteiger partial charge in [-0.25, -0.2) is 0 Å². The number of amides is 2. The molecule has 3 aliphatic rings. The van der Waals surface area contributed by atoms with Crippen molar-refractivity contribution in [3.63, 3.8) is 0 Å². The minimum absolute atomic E-state index is 0.000377. The van der Waals surface area contributed by atoms with Crippen molar-refractivity contribution < 1.29 is 9.59 Å². The van der Waals surface area contributed by atoms with E-state index in [2.05, 4.69) is 17.6 Å². The Morgan fingerprint density at radius 3 is 2.88 bits per heavy atom. The number of nitrogens with one attached hydrogen (secondary N) is 2. The molecule has 0 saturated heterocycles. The molecule has 4 rings (SSSR count). The summed E-state index contributed by atoms with van der Waals surface area (Å²) in [6, 6.07) is 5.81. The Morgan fingerprint density at radius 1 is 1.33 bits per heavy atom. The summed E-state index contributed by atoms with van der Waals surface area (Å²) in [6.07, 6.45) is 5.32. The van der Waals surface area contributed by atoms with E-state index >= 15 is 0 Å². The quantitative estimate of drug-likeness (QED) is 0.879. The molecule has 2 fully saturated rings. The zero-order valence-electron chi connectivity index (χ0n) is 14.2. The maximum atomic E-state index is 12.6. The minimum atomic E-state index is -0.0880. The molecule has 2 amide bonds. The number of rotatable bonds is 3. The Balaban J connectivity index is 1.45. The van der Waals surface area contributed by atoms with Crippen LogP contribution in [-0.2, 0) is 4.79 Å². The van der Waals surface area contributed by atoms with Crippen LogP contribution >= 0.6 is 11.8 Å². The van der Waals surface area contributed by atoms with Gasteiger partial charge >= 0.3 is 0 Å². The Hall–Kier alpha value is -1.49. The van der Waals surface area contributed by atoms with Crippen LogP contribution in [0.1, 0.15) is 49.9 Å². The van der Waals surface area contributed by atoms with Crippen LogP contribution in [0.3, 0.4) is 0 Å². The van der Waals surface area contributed by atoms with Gasteiger partial charge in [0.2, 0.25) is 5.91 Å². The van der Waals surface area contributed by atoms with Gasteiger partial charge in [0.15, 0.2) is 0 Å². The first-order valence-corrected chi connectivity index (χ1v) is 9.81. The van der Waals surface area contributed by atoms with Crippen LogP contribution in [0.5, 0.6) is 0 Å². The van der Waals surface area contributed by atoms with E-state index in [1.54, 1.807) is 6.07 Å². The predicted octanol–water partition coefficient (Wildman–Crippen LogP) is 3.67. The number of anilines is 1. The van der Waals surface area contributed by atoms with Crippen molar-refractivity contribution in [2.75, 3.05) is 5.32 Å². The average Bonchev–Trinajstić information content (AvgIpc) is 3.18. The van der Waals surface area contributed by atoms with Gasteiger partial charge in [-0.3, -0.25) is 9.59 Å². The fourth-order valence-electron chi connectivity index (χ4n) is 4.65. The maximum absolute atomic E-state index is 12.6. The molecule has 2 saturated carbocycles. The SMILES string of the molecule is C[C@@H]1Sc2ccc(C(=O)N[C@@H](C)[C@H]3C[C@H]4CC[C@H]3C4)cc2NC1=O. The van der Waals surface area contributed by atoms with Crippen molar-refractivity contribution in [1.82, 2.24) is 5.32 Å². The zero-order valence-corrected chi connectivity index (χ0v) is 15.0. The normalized spacial score (nSPS) is 32.2. The molecule has 0 aromatic heterocycles. The van der Waals surface area contributed by atoms with Crippen LogP contribution in [0, 0.1) is 17.8 Å². The monoisotopic (exact) mass is 344 g/mol. The van der Waals surface area contributed by atoms with E-state index in [9.17, 15) is 9.59 Å². The number of hydrogen-bond acceptors (Lipinski definition) is 3. The standard InChI is InChI=1S/C19H24N2O2S/c1-10(15-8-12-3-4-13(15)7-12)20-19(23)14-5-6-17-16(9-14)21-18(22)11(2)24-17/h5-6,9-13,15H,3-4,7-8H2,1-2H3,(H,20,23)(H,21,22)/t10-,11-,12-,13-,15+/m0/s1. The minimum Gasteiger partial charge on any atom is -0.349 e. The lowest BCUT2D eigenvalue weighted by molar-refractivity contribution is -0.115. The summed E-state index contributed by atoms with van der Waals surface area (Å²) < 4.78 is 0. The molecule has 1 aliphatic heterocycles. The summed E-state index contributed by atoms with van der Waals surface area (Å²) in [5.41, 5.74) is 1.38. The summed E-state index contributed by atoms with van der Waals surface area (Å²) >= 11 is 1.54. The molecule has 2 aliphatic carbocycles. The van der Waals surface area contributed by atoms with Gasteiger partial charge in [-0.1, -0.05) is 6.42 Å². The van der Waals surface area contributed by atoms with Gasteiger partial charge in [-0.05, 0) is 69.1 Å². The Morgan fingerprint density at radius 2 is 2.17 bits per heavy atom. The lowest BCUT2D eigenvalue weighted by atomic mass is 9.84. The third-order valence-corrected chi connectivity index (χ3v) is 7.14. The van der Waals surface area contributed by atoms with Crippen LogP contribution in [0.4, 0.5) is 5.69 Å². The topological polar surface area (TPSA) is 58.2 Å². The highest BCUT2D eigenvalue weighted by molar-refractivity contribution is 8.00. The van der Waals surface area contributed by atoms with Crippen LogP contribution in [0.15, 0.2) is 23.1 Å². The summed E-state index contributed by atoms with van der Waals surface area (Å²) in [5.74, 6) is 2.27. The highest BCUT2D eigenvalue weighted by Crippen LogP contribution is 2.49. The second-order valence-corrected chi connectivity index (χ2v) is 8.94. The molecule has 5 atom stereocenters. The molecule has 128 valence electrons.